The molecule has 2 heterocycles. The quantitative estimate of drug-likeness (QED) is 0.808. The van der Waals surface area contributed by atoms with Crippen molar-refractivity contribution in [2.75, 3.05) is 18.0 Å². The monoisotopic (exact) mass is 230 g/mol. The highest BCUT2D eigenvalue weighted by atomic mass is 16.1. The summed E-state index contributed by atoms with van der Waals surface area (Å²) in [5, 5.41) is 8.99. The average Bonchev–Trinajstić information content (AvgIpc) is 2.73. The molecule has 0 aliphatic carbocycles. The summed E-state index contributed by atoms with van der Waals surface area (Å²) < 4.78 is 0. The van der Waals surface area contributed by atoms with E-state index in [4.69, 9.17) is 11.0 Å². The van der Waals surface area contributed by atoms with E-state index in [-0.39, 0.29) is 5.91 Å². The lowest BCUT2D eigenvalue weighted by atomic mass is 9.89. The molecule has 2 rings (SSSR count). The molecule has 1 saturated heterocycles. The van der Waals surface area contributed by atoms with E-state index < -0.39 is 5.41 Å². The number of aromatic nitrogens is 1. The summed E-state index contributed by atoms with van der Waals surface area (Å²) in [6.07, 6.45) is 2.30. The Morgan fingerprint density at radius 2 is 2.47 bits per heavy atom. The highest BCUT2D eigenvalue weighted by Gasteiger charge is 2.39. The van der Waals surface area contributed by atoms with Gasteiger partial charge in [-0.3, -0.25) is 4.79 Å². The fourth-order valence-corrected chi connectivity index (χ4v) is 2.11. The zero-order valence-corrected chi connectivity index (χ0v) is 9.68. The number of primary amides is 1. The van der Waals surface area contributed by atoms with Crippen molar-refractivity contribution in [3.8, 4) is 6.07 Å². The number of amides is 1. The number of rotatable bonds is 2. The van der Waals surface area contributed by atoms with Gasteiger partial charge in [0.2, 0.25) is 5.91 Å². The number of anilines is 1. The van der Waals surface area contributed by atoms with Crippen molar-refractivity contribution >= 4 is 11.6 Å². The summed E-state index contributed by atoms with van der Waals surface area (Å²) in [4.78, 5) is 17.4. The van der Waals surface area contributed by atoms with Crippen LogP contribution in [0.5, 0.6) is 0 Å². The number of carbonyl (C=O) groups excluding carboxylic acids is 1. The minimum Gasteiger partial charge on any atom is -0.369 e. The highest BCUT2D eigenvalue weighted by Crippen LogP contribution is 2.33. The normalized spacial score (nSPS) is 23.4. The molecule has 0 saturated carbocycles. The van der Waals surface area contributed by atoms with E-state index in [1.165, 1.54) is 0 Å². The van der Waals surface area contributed by atoms with Crippen LogP contribution in [-0.2, 0) is 4.79 Å². The van der Waals surface area contributed by atoms with Crippen molar-refractivity contribution in [3.63, 3.8) is 0 Å². The Morgan fingerprint density at radius 1 is 1.71 bits per heavy atom. The maximum absolute atomic E-state index is 11.4. The maximum atomic E-state index is 11.4. The molecule has 0 aromatic carbocycles. The number of nitrogens with two attached hydrogens (primary N) is 1. The fourth-order valence-electron chi connectivity index (χ4n) is 2.11. The molecule has 0 spiro atoms. The molecular weight excluding hydrogens is 216 g/mol. The van der Waals surface area contributed by atoms with Crippen LogP contribution in [0.15, 0.2) is 18.3 Å². The van der Waals surface area contributed by atoms with Crippen molar-refractivity contribution in [2.45, 2.75) is 13.3 Å². The highest BCUT2D eigenvalue weighted by molar-refractivity contribution is 5.82. The summed E-state index contributed by atoms with van der Waals surface area (Å²) in [5.74, 6) is -0.289. The van der Waals surface area contributed by atoms with E-state index in [1.54, 1.807) is 12.3 Å². The number of nitrogens with zero attached hydrogens (tertiary/aromatic N) is 3. The van der Waals surface area contributed by atoms with Gasteiger partial charge in [0.25, 0.3) is 0 Å². The number of nitriles is 1. The SMILES string of the molecule is CC1(C(N)=O)CCN(c2cccnc2C#N)C1. The van der Waals surface area contributed by atoms with E-state index in [1.807, 2.05) is 17.9 Å². The van der Waals surface area contributed by atoms with Crippen LogP contribution in [-0.4, -0.2) is 24.0 Å². The molecule has 0 radical (unpaired) electrons. The lowest BCUT2D eigenvalue weighted by Crippen LogP contribution is -2.37. The van der Waals surface area contributed by atoms with Gasteiger partial charge >= 0.3 is 0 Å². The molecule has 1 fully saturated rings. The largest absolute Gasteiger partial charge is 0.369 e. The first-order valence-corrected chi connectivity index (χ1v) is 5.47. The van der Waals surface area contributed by atoms with Gasteiger partial charge < -0.3 is 10.6 Å². The van der Waals surface area contributed by atoms with Gasteiger partial charge in [-0.15, -0.1) is 0 Å². The van der Waals surface area contributed by atoms with Gasteiger partial charge in [-0.05, 0) is 25.5 Å². The molecule has 17 heavy (non-hydrogen) atoms. The molecule has 1 amide bonds. The predicted molar refractivity (Wildman–Crippen MR) is 63.1 cm³/mol. The van der Waals surface area contributed by atoms with Crippen molar-refractivity contribution in [1.29, 1.82) is 5.26 Å². The molecule has 1 aliphatic rings. The Bertz CT molecular complexity index is 494. The summed E-state index contributed by atoms with van der Waals surface area (Å²) >= 11 is 0. The number of pyridine rings is 1. The smallest absolute Gasteiger partial charge is 0.225 e. The first-order chi connectivity index (χ1) is 8.07. The van der Waals surface area contributed by atoms with Gasteiger partial charge in [-0.25, -0.2) is 4.98 Å². The van der Waals surface area contributed by atoms with Crippen molar-refractivity contribution in [1.82, 2.24) is 4.98 Å². The third-order valence-electron chi connectivity index (χ3n) is 3.30. The van der Waals surface area contributed by atoms with Crippen LogP contribution in [0, 0.1) is 16.7 Å². The molecule has 2 N–H and O–H groups in total. The number of carbonyl (C=O) groups is 1. The molecule has 1 atom stereocenters. The second kappa shape index (κ2) is 4.06. The lowest BCUT2D eigenvalue weighted by molar-refractivity contribution is -0.125. The topological polar surface area (TPSA) is 83.0 Å². The van der Waals surface area contributed by atoms with Gasteiger partial charge in [0.05, 0.1) is 11.1 Å². The molecule has 0 bridgehead atoms. The predicted octanol–water partition coefficient (Wildman–Crippen LogP) is 0.655. The second-order valence-corrected chi connectivity index (χ2v) is 4.58. The van der Waals surface area contributed by atoms with Crippen LogP contribution in [0.4, 0.5) is 5.69 Å². The summed E-state index contributed by atoms with van der Waals surface area (Å²) in [6.45, 7) is 3.13. The molecule has 1 aromatic rings. The maximum Gasteiger partial charge on any atom is 0.225 e. The lowest BCUT2D eigenvalue weighted by Gasteiger charge is -2.22. The van der Waals surface area contributed by atoms with E-state index >= 15 is 0 Å². The van der Waals surface area contributed by atoms with E-state index in [2.05, 4.69) is 11.1 Å². The van der Waals surface area contributed by atoms with Crippen molar-refractivity contribution < 1.29 is 4.79 Å². The Balaban J connectivity index is 2.27. The van der Waals surface area contributed by atoms with Crippen LogP contribution in [0.25, 0.3) is 0 Å². The van der Waals surface area contributed by atoms with Crippen LogP contribution in [0.3, 0.4) is 0 Å². The molecule has 5 nitrogen and oxygen atoms in total. The van der Waals surface area contributed by atoms with Crippen molar-refractivity contribution in [2.24, 2.45) is 11.1 Å². The molecule has 88 valence electrons. The van der Waals surface area contributed by atoms with E-state index in [0.29, 0.717) is 18.7 Å². The van der Waals surface area contributed by atoms with E-state index in [0.717, 1.165) is 12.2 Å². The standard InChI is InChI=1S/C12H14N4O/c1-12(11(14)17)4-6-16(8-12)10-3-2-5-15-9(10)7-13/h2-3,5H,4,6,8H2,1H3,(H2,14,17). The third kappa shape index (κ3) is 1.94. The van der Waals surface area contributed by atoms with Gasteiger partial charge in [-0.1, -0.05) is 0 Å². The molecular formula is C12H14N4O. The first-order valence-electron chi connectivity index (χ1n) is 5.47. The Labute approximate surface area is 99.9 Å². The fraction of sp³-hybridized carbons (Fsp3) is 0.417. The van der Waals surface area contributed by atoms with Crippen LogP contribution in [0.2, 0.25) is 0 Å². The molecule has 1 unspecified atom stereocenters. The average molecular weight is 230 g/mol. The molecule has 1 aromatic heterocycles. The van der Waals surface area contributed by atoms with Crippen molar-refractivity contribution in [3.05, 3.63) is 24.0 Å². The minimum absolute atomic E-state index is 0.289. The van der Waals surface area contributed by atoms with Crippen LogP contribution >= 0.6 is 0 Å². The molecule has 5 heteroatoms. The third-order valence-corrected chi connectivity index (χ3v) is 3.30. The second-order valence-electron chi connectivity index (χ2n) is 4.58. The Hall–Kier alpha value is -2.09. The van der Waals surface area contributed by atoms with Crippen LogP contribution in [0.1, 0.15) is 19.0 Å². The summed E-state index contributed by atoms with van der Waals surface area (Å²) in [5.41, 5.74) is 6.05. The zero-order valence-electron chi connectivity index (χ0n) is 9.68. The minimum atomic E-state index is -0.511. The van der Waals surface area contributed by atoms with Gasteiger partial charge in [0.15, 0.2) is 5.69 Å². The van der Waals surface area contributed by atoms with E-state index in [9.17, 15) is 4.79 Å². The number of hydrogen-bond acceptors (Lipinski definition) is 4. The van der Waals surface area contributed by atoms with Crippen LogP contribution < -0.4 is 10.6 Å². The molecule has 1 aliphatic heterocycles. The van der Waals surface area contributed by atoms with Gasteiger partial charge in [0.1, 0.15) is 6.07 Å². The zero-order chi connectivity index (χ0) is 12.5. The van der Waals surface area contributed by atoms with Gasteiger partial charge in [0, 0.05) is 19.3 Å². The van der Waals surface area contributed by atoms with Gasteiger partial charge in [-0.2, -0.15) is 5.26 Å². The Kier molecular flexibility index (Phi) is 2.72. The Morgan fingerprint density at radius 3 is 3.06 bits per heavy atom. The summed E-state index contributed by atoms with van der Waals surface area (Å²) in [6, 6.07) is 5.69. The first kappa shape index (κ1) is 11.4. The summed E-state index contributed by atoms with van der Waals surface area (Å²) in [7, 11) is 0. The number of hydrogen-bond donors (Lipinski definition) is 1.